The van der Waals surface area contributed by atoms with Gasteiger partial charge in [-0.25, -0.2) is 4.39 Å². The van der Waals surface area contributed by atoms with E-state index in [0.717, 1.165) is 24.5 Å². The van der Waals surface area contributed by atoms with Crippen LogP contribution in [0.25, 0.3) is 0 Å². The minimum atomic E-state index is -0.385. The fourth-order valence-corrected chi connectivity index (χ4v) is 2.57. The summed E-state index contributed by atoms with van der Waals surface area (Å²) in [4.78, 5) is 2.21. The summed E-state index contributed by atoms with van der Waals surface area (Å²) in [7, 11) is 1.45. The number of rotatable bonds is 4. The number of aromatic nitrogens is 3. The summed E-state index contributed by atoms with van der Waals surface area (Å²) >= 11 is 0. The second-order valence-corrected chi connectivity index (χ2v) is 5.18. The first-order chi connectivity index (χ1) is 10.2. The average Bonchev–Trinajstić information content (AvgIpc) is 2.94. The van der Waals surface area contributed by atoms with Crippen LogP contribution in [0.1, 0.15) is 17.4 Å². The molecule has 0 aliphatic carbocycles. The fraction of sp³-hybridized carbons (Fsp3) is 0.429. The minimum absolute atomic E-state index is 0.233. The number of benzene rings is 1. The fourth-order valence-electron chi connectivity index (χ4n) is 2.57. The molecule has 1 aliphatic rings. The Labute approximate surface area is 122 Å². The third-order valence-electron chi connectivity index (χ3n) is 3.78. The van der Waals surface area contributed by atoms with Gasteiger partial charge in [0.15, 0.2) is 11.6 Å². The predicted molar refractivity (Wildman–Crippen MR) is 75.2 cm³/mol. The predicted octanol–water partition coefficient (Wildman–Crippen LogP) is 0.941. The standard InChI is InChI=1S/C14H18FN5O/c1-21-13-3-2-10(6-11(13)15)12(16)7-19-4-5-20-9-17-18-14(20)8-19/h2-3,6,9,12H,4-5,7-8,16H2,1H3. The van der Waals surface area contributed by atoms with Crippen LogP contribution < -0.4 is 10.5 Å². The molecule has 1 aliphatic heterocycles. The highest BCUT2D eigenvalue weighted by Crippen LogP contribution is 2.22. The quantitative estimate of drug-likeness (QED) is 0.908. The van der Waals surface area contributed by atoms with Crippen molar-refractivity contribution in [3.63, 3.8) is 0 Å². The Morgan fingerprint density at radius 2 is 2.29 bits per heavy atom. The lowest BCUT2D eigenvalue weighted by Crippen LogP contribution is -2.38. The second kappa shape index (κ2) is 5.79. The Morgan fingerprint density at radius 3 is 3.05 bits per heavy atom. The number of ether oxygens (including phenoxy) is 1. The smallest absolute Gasteiger partial charge is 0.165 e. The first-order valence-electron chi connectivity index (χ1n) is 6.85. The van der Waals surface area contributed by atoms with Crippen LogP contribution in [-0.2, 0) is 13.1 Å². The van der Waals surface area contributed by atoms with Gasteiger partial charge in [0.2, 0.25) is 0 Å². The molecule has 112 valence electrons. The van der Waals surface area contributed by atoms with Gasteiger partial charge in [-0.1, -0.05) is 6.07 Å². The van der Waals surface area contributed by atoms with Crippen molar-refractivity contribution >= 4 is 0 Å². The second-order valence-electron chi connectivity index (χ2n) is 5.18. The van der Waals surface area contributed by atoms with Gasteiger partial charge < -0.3 is 15.0 Å². The van der Waals surface area contributed by atoms with E-state index in [-0.39, 0.29) is 17.6 Å². The summed E-state index contributed by atoms with van der Waals surface area (Å²) in [5.74, 6) is 0.787. The third-order valence-corrected chi connectivity index (χ3v) is 3.78. The first-order valence-corrected chi connectivity index (χ1v) is 6.85. The summed E-state index contributed by atoms with van der Waals surface area (Å²) < 4.78 is 20.7. The molecule has 1 aromatic heterocycles. The Bertz CT molecular complexity index is 630. The van der Waals surface area contributed by atoms with Crippen molar-refractivity contribution < 1.29 is 9.13 Å². The summed E-state index contributed by atoms with van der Waals surface area (Å²) in [6.07, 6.45) is 1.74. The van der Waals surface area contributed by atoms with E-state index in [1.165, 1.54) is 13.2 Å². The SMILES string of the molecule is COc1ccc(C(N)CN2CCn3cnnc3C2)cc1F. The van der Waals surface area contributed by atoms with Crippen LogP contribution in [0.15, 0.2) is 24.5 Å². The molecule has 3 rings (SSSR count). The average molecular weight is 291 g/mol. The van der Waals surface area contributed by atoms with Crippen molar-refractivity contribution in [2.24, 2.45) is 5.73 Å². The Hall–Kier alpha value is -1.99. The molecular formula is C14H18FN5O. The molecule has 1 atom stereocenters. The molecule has 0 bridgehead atoms. The minimum Gasteiger partial charge on any atom is -0.494 e. The number of nitrogens with two attached hydrogens (primary N) is 1. The van der Waals surface area contributed by atoms with E-state index in [4.69, 9.17) is 10.5 Å². The molecule has 0 amide bonds. The van der Waals surface area contributed by atoms with Gasteiger partial charge >= 0.3 is 0 Å². The zero-order valence-electron chi connectivity index (χ0n) is 11.9. The lowest BCUT2D eigenvalue weighted by Gasteiger charge is -2.29. The molecular weight excluding hydrogens is 273 g/mol. The molecule has 1 unspecified atom stereocenters. The first kappa shape index (κ1) is 14.0. The summed E-state index contributed by atoms with van der Waals surface area (Å²) in [5.41, 5.74) is 6.95. The molecule has 2 heterocycles. The molecule has 1 aromatic carbocycles. The van der Waals surface area contributed by atoms with Gasteiger partial charge in [-0.15, -0.1) is 10.2 Å². The molecule has 0 saturated carbocycles. The number of nitrogens with zero attached hydrogens (tertiary/aromatic N) is 4. The van der Waals surface area contributed by atoms with Gasteiger partial charge in [-0.2, -0.15) is 0 Å². The van der Waals surface area contributed by atoms with Gasteiger partial charge in [0.05, 0.1) is 13.7 Å². The van der Waals surface area contributed by atoms with Gasteiger partial charge in [0.25, 0.3) is 0 Å². The van der Waals surface area contributed by atoms with Gasteiger partial charge in [0, 0.05) is 25.7 Å². The van der Waals surface area contributed by atoms with E-state index in [2.05, 4.69) is 15.1 Å². The molecule has 0 saturated heterocycles. The van der Waals surface area contributed by atoms with Crippen molar-refractivity contribution in [2.45, 2.75) is 19.1 Å². The summed E-state index contributed by atoms with van der Waals surface area (Å²) in [5, 5.41) is 7.98. The maximum atomic E-state index is 13.7. The lowest BCUT2D eigenvalue weighted by molar-refractivity contribution is 0.205. The van der Waals surface area contributed by atoms with Crippen LogP contribution in [0.3, 0.4) is 0 Å². The van der Waals surface area contributed by atoms with Crippen LogP contribution >= 0.6 is 0 Å². The maximum Gasteiger partial charge on any atom is 0.165 e. The van der Waals surface area contributed by atoms with Crippen molar-refractivity contribution in [2.75, 3.05) is 20.2 Å². The Balaban J connectivity index is 1.67. The molecule has 21 heavy (non-hydrogen) atoms. The number of hydrogen-bond acceptors (Lipinski definition) is 5. The Morgan fingerprint density at radius 1 is 1.43 bits per heavy atom. The molecule has 0 spiro atoms. The van der Waals surface area contributed by atoms with E-state index >= 15 is 0 Å². The van der Waals surface area contributed by atoms with Gasteiger partial charge in [-0.05, 0) is 17.7 Å². The van der Waals surface area contributed by atoms with Crippen LogP contribution in [-0.4, -0.2) is 39.9 Å². The molecule has 0 radical (unpaired) electrons. The highest BCUT2D eigenvalue weighted by Gasteiger charge is 2.20. The molecule has 7 heteroatoms. The number of methoxy groups -OCH3 is 1. The van der Waals surface area contributed by atoms with E-state index in [0.29, 0.717) is 13.1 Å². The van der Waals surface area contributed by atoms with Crippen molar-refractivity contribution in [3.8, 4) is 5.75 Å². The van der Waals surface area contributed by atoms with Crippen molar-refractivity contribution in [1.29, 1.82) is 0 Å². The number of fused-ring (bicyclic) bond motifs is 1. The molecule has 2 aromatic rings. The van der Waals surface area contributed by atoms with E-state index in [1.807, 2.05) is 4.57 Å². The topological polar surface area (TPSA) is 69.2 Å². The normalized spacial score (nSPS) is 16.5. The zero-order valence-corrected chi connectivity index (χ0v) is 11.9. The number of halogens is 1. The van der Waals surface area contributed by atoms with Crippen molar-refractivity contribution in [1.82, 2.24) is 19.7 Å². The third kappa shape index (κ3) is 2.88. The molecule has 2 N–H and O–H groups in total. The lowest BCUT2D eigenvalue weighted by atomic mass is 10.1. The highest BCUT2D eigenvalue weighted by atomic mass is 19.1. The molecule has 0 fully saturated rings. The summed E-state index contributed by atoms with van der Waals surface area (Å²) in [6, 6.07) is 4.60. The van der Waals surface area contributed by atoms with Crippen LogP contribution in [0.2, 0.25) is 0 Å². The van der Waals surface area contributed by atoms with E-state index in [1.54, 1.807) is 18.5 Å². The zero-order chi connectivity index (χ0) is 14.8. The maximum absolute atomic E-state index is 13.7. The monoisotopic (exact) mass is 291 g/mol. The van der Waals surface area contributed by atoms with Crippen LogP contribution in [0.5, 0.6) is 5.75 Å². The van der Waals surface area contributed by atoms with Gasteiger partial charge in [0.1, 0.15) is 12.2 Å². The van der Waals surface area contributed by atoms with Gasteiger partial charge in [-0.3, -0.25) is 4.90 Å². The summed E-state index contributed by atoms with van der Waals surface area (Å²) in [6.45, 7) is 3.11. The number of hydrogen-bond donors (Lipinski definition) is 1. The van der Waals surface area contributed by atoms with E-state index < -0.39 is 0 Å². The van der Waals surface area contributed by atoms with Crippen LogP contribution in [0.4, 0.5) is 4.39 Å². The van der Waals surface area contributed by atoms with E-state index in [9.17, 15) is 4.39 Å². The highest BCUT2D eigenvalue weighted by molar-refractivity contribution is 5.31. The molecule has 6 nitrogen and oxygen atoms in total. The largest absolute Gasteiger partial charge is 0.494 e. The Kier molecular flexibility index (Phi) is 3.85. The van der Waals surface area contributed by atoms with Crippen LogP contribution in [0, 0.1) is 5.82 Å². The van der Waals surface area contributed by atoms with Crippen molar-refractivity contribution in [3.05, 3.63) is 41.7 Å².